The van der Waals surface area contributed by atoms with Gasteiger partial charge in [0.1, 0.15) is 0 Å². The zero-order valence-corrected chi connectivity index (χ0v) is 12.8. The first-order chi connectivity index (χ1) is 10.3. The minimum Gasteiger partial charge on any atom is -0.271 e. The van der Waals surface area contributed by atoms with E-state index in [0.717, 1.165) is 23.5 Å². The molecular formula is C18H25N3. The lowest BCUT2D eigenvalue weighted by molar-refractivity contribution is 0.346. The Kier molecular flexibility index (Phi) is 4.51. The number of para-hydroxylation sites is 1. The zero-order chi connectivity index (χ0) is 14.7. The average molecular weight is 283 g/mol. The number of hydrazine groups is 1. The van der Waals surface area contributed by atoms with Crippen LogP contribution in [0.2, 0.25) is 0 Å². The summed E-state index contributed by atoms with van der Waals surface area (Å²) in [5.74, 6) is 7.40. The van der Waals surface area contributed by atoms with E-state index in [2.05, 4.69) is 42.7 Å². The van der Waals surface area contributed by atoms with Gasteiger partial charge in [0.2, 0.25) is 0 Å². The third-order valence-electron chi connectivity index (χ3n) is 5.03. The Bertz CT molecular complexity index is 596. The van der Waals surface area contributed by atoms with Crippen LogP contribution in [0.15, 0.2) is 36.4 Å². The van der Waals surface area contributed by atoms with Crippen molar-refractivity contribution in [2.45, 2.75) is 45.1 Å². The van der Waals surface area contributed by atoms with Crippen molar-refractivity contribution >= 4 is 10.9 Å². The van der Waals surface area contributed by atoms with Crippen molar-refractivity contribution in [2.24, 2.45) is 17.7 Å². The summed E-state index contributed by atoms with van der Waals surface area (Å²) in [5, 5.41) is 1.20. The minimum atomic E-state index is 0.343. The molecule has 3 unspecified atom stereocenters. The molecule has 3 rings (SSSR count). The second kappa shape index (κ2) is 6.54. The molecule has 1 heterocycles. The predicted octanol–water partition coefficient (Wildman–Crippen LogP) is 3.44. The summed E-state index contributed by atoms with van der Waals surface area (Å²) in [7, 11) is 0. The lowest BCUT2D eigenvalue weighted by Gasteiger charge is -2.22. The van der Waals surface area contributed by atoms with Crippen LogP contribution in [0.4, 0.5) is 0 Å². The van der Waals surface area contributed by atoms with E-state index in [0.29, 0.717) is 12.0 Å². The Balaban J connectivity index is 1.73. The van der Waals surface area contributed by atoms with E-state index >= 15 is 0 Å². The van der Waals surface area contributed by atoms with Crippen LogP contribution in [0, 0.1) is 11.8 Å². The SMILES string of the molecule is CCC1CCC(C(Cc2ccc3ccccc3n2)NN)C1. The summed E-state index contributed by atoms with van der Waals surface area (Å²) in [6, 6.07) is 12.9. The highest BCUT2D eigenvalue weighted by atomic mass is 15.2. The van der Waals surface area contributed by atoms with E-state index in [9.17, 15) is 0 Å². The number of fused-ring (bicyclic) bond motifs is 1. The molecule has 3 N–H and O–H groups in total. The summed E-state index contributed by atoms with van der Waals surface area (Å²) in [4.78, 5) is 4.78. The molecule has 3 atom stereocenters. The summed E-state index contributed by atoms with van der Waals surface area (Å²) >= 11 is 0. The molecule has 3 nitrogen and oxygen atoms in total. The van der Waals surface area contributed by atoms with Gasteiger partial charge in [-0.2, -0.15) is 0 Å². The fraction of sp³-hybridized carbons (Fsp3) is 0.500. The normalized spacial score (nSPS) is 23.5. The van der Waals surface area contributed by atoms with Crippen molar-refractivity contribution in [1.29, 1.82) is 0 Å². The molecular weight excluding hydrogens is 258 g/mol. The number of benzene rings is 1. The molecule has 0 amide bonds. The number of hydrogen-bond acceptors (Lipinski definition) is 3. The molecule has 1 aromatic carbocycles. The largest absolute Gasteiger partial charge is 0.271 e. The molecule has 21 heavy (non-hydrogen) atoms. The lowest BCUT2D eigenvalue weighted by Crippen LogP contribution is -2.42. The first kappa shape index (κ1) is 14.5. The number of aromatic nitrogens is 1. The van der Waals surface area contributed by atoms with Crippen molar-refractivity contribution in [1.82, 2.24) is 10.4 Å². The quantitative estimate of drug-likeness (QED) is 0.653. The van der Waals surface area contributed by atoms with E-state index in [-0.39, 0.29) is 0 Å². The molecule has 1 fully saturated rings. The number of nitrogens with zero attached hydrogens (tertiary/aromatic N) is 1. The van der Waals surface area contributed by atoms with Crippen LogP contribution in [0.5, 0.6) is 0 Å². The van der Waals surface area contributed by atoms with Crippen LogP contribution in [0.3, 0.4) is 0 Å². The van der Waals surface area contributed by atoms with Crippen LogP contribution in [0.25, 0.3) is 10.9 Å². The van der Waals surface area contributed by atoms with Gasteiger partial charge in [-0.15, -0.1) is 0 Å². The third kappa shape index (κ3) is 3.25. The molecule has 1 aliphatic rings. The second-order valence-corrected chi connectivity index (χ2v) is 6.32. The average Bonchev–Trinajstić information content (AvgIpc) is 3.01. The number of hydrogen-bond donors (Lipinski definition) is 2. The Labute approximate surface area is 126 Å². The minimum absolute atomic E-state index is 0.343. The molecule has 0 bridgehead atoms. The van der Waals surface area contributed by atoms with Crippen LogP contribution in [-0.2, 0) is 6.42 Å². The maximum Gasteiger partial charge on any atom is 0.0705 e. The van der Waals surface area contributed by atoms with Crippen LogP contribution >= 0.6 is 0 Å². The van der Waals surface area contributed by atoms with Gasteiger partial charge in [-0.1, -0.05) is 44.0 Å². The van der Waals surface area contributed by atoms with Gasteiger partial charge in [-0.25, -0.2) is 0 Å². The molecule has 112 valence electrons. The topological polar surface area (TPSA) is 50.9 Å². The first-order valence-corrected chi connectivity index (χ1v) is 8.11. The zero-order valence-electron chi connectivity index (χ0n) is 12.8. The van der Waals surface area contributed by atoms with E-state index in [4.69, 9.17) is 10.8 Å². The summed E-state index contributed by atoms with van der Waals surface area (Å²) in [5.41, 5.74) is 5.25. The first-order valence-electron chi connectivity index (χ1n) is 8.11. The molecule has 0 spiro atoms. The maximum absolute atomic E-state index is 5.82. The monoisotopic (exact) mass is 283 g/mol. The van der Waals surface area contributed by atoms with E-state index in [1.165, 1.54) is 31.1 Å². The van der Waals surface area contributed by atoms with Crippen molar-refractivity contribution < 1.29 is 0 Å². The van der Waals surface area contributed by atoms with Gasteiger partial charge in [0.25, 0.3) is 0 Å². The van der Waals surface area contributed by atoms with Gasteiger partial charge in [-0.3, -0.25) is 16.3 Å². The number of nitrogens with two attached hydrogens (primary N) is 1. The van der Waals surface area contributed by atoms with Gasteiger partial charge < -0.3 is 0 Å². The molecule has 3 heteroatoms. The fourth-order valence-electron chi connectivity index (χ4n) is 3.66. The summed E-state index contributed by atoms with van der Waals surface area (Å²) in [6.07, 6.45) is 6.16. The molecule has 0 aliphatic heterocycles. The number of nitrogens with one attached hydrogen (secondary N) is 1. The van der Waals surface area contributed by atoms with Gasteiger partial charge in [0.05, 0.1) is 5.52 Å². The van der Waals surface area contributed by atoms with Crippen LogP contribution < -0.4 is 11.3 Å². The van der Waals surface area contributed by atoms with Gasteiger partial charge in [-0.05, 0) is 36.8 Å². The summed E-state index contributed by atoms with van der Waals surface area (Å²) < 4.78 is 0. The Morgan fingerprint density at radius 1 is 1.24 bits per heavy atom. The molecule has 0 radical (unpaired) electrons. The molecule has 1 saturated carbocycles. The van der Waals surface area contributed by atoms with Crippen LogP contribution in [0.1, 0.15) is 38.3 Å². The predicted molar refractivity (Wildman–Crippen MR) is 87.7 cm³/mol. The van der Waals surface area contributed by atoms with E-state index < -0.39 is 0 Å². The van der Waals surface area contributed by atoms with Gasteiger partial charge in [0, 0.05) is 23.5 Å². The van der Waals surface area contributed by atoms with Crippen molar-refractivity contribution in [2.75, 3.05) is 0 Å². The highest BCUT2D eigenvalue weighted by Crippen LogP contribution is 2.35. The Morgan fingerprint density at radius 2 is 2.10 bits per heavy atom. The number of pyridine rings is 1. The smallest absolute Gasteiger partial charge is 0.0705 e. The van der Waals surface area contributed by atoms with Crippen molar-refractivity contribution in [3.8, 4) is 0 Å². The molecule has 1 aliphatic carbocycles. The standard InChI is InChI=1S/C18H25N3/c1-2-13-7-8-15(11-13)18(21-19)12-16-10-9-14-5-3-4-6-17(14)20-16/h3-6,9-10,13,15,18,21H,2,7-8,11-12,19H2,1H3. The van der Waals surface area contributed by atoms with Crippen molar-refractivity contribution in [3.63, 3.8) is 0 Å². The van der Waals surface area contributed by atoms with E-state index in [1.807, 2.05) is 6.07 Å². The highest BCUT2D eigenvalue weighted by molar-refractivity contribution is 5.78. The molecule has 1 aromatic heterocycles. The molecule has 2 aromatic rings. The third-order valence-corrected chi connectivity index (χ3v) is 5.03. The van der Waals surface area contributed by atoms with Gasteiger partial charge in [0.15, 0.2) is 0 Å². The highest BCUT2D eigenvalue weighted by Gasteiger charge is 2.29. The maximum atomic E-state index is 5.82. The fourth-order valence-corrected chi connectivity index (χ4v) is 3.66. The van der Waals surface area contributed by atoms with Crippen LogP contribution in [-0.4, -0.2) is 11.0 Å². The summed E-state index contributed by atoms with van der Waals surface area (Å²) in [6.45, 7) is 2.29. The van der Waals surface area contributed by atoms with Gasteiger partial charge >= 0.3 is 0 Å². The second-order valence-electron chi connectivity index (χ2n) is 6.32. The lowest BCUT2D eigenvalue weighted by atomic mass is 9.92. The van der Waals surface area contributed by atoms with Crippen molar-refractivity contribution in [3.05, 3.63) is 42.1 Å². The van der Waals surface area contributed by atoms with E-state index in [1.54, 1.807) is 0 Å². The number of rotatable bonds is 5. The Morgan fingerprint density at radius 3 is 2.86 bits per heavy atom. The Hall–Kier alpha value is -1.45. The molecule has 0 saturated heterocycles.